The van der Waals surface area contributed by atoms with Gasteiger partial charge < -0.3 is 14.6 Å². The van der Waals surface area contributed by atoms with Gasteiger partial charge in [-0.05, 0) is 68.8 Å². The van der Waals surface area contributed by atoms with Crippen LogP contribution in [0, 0.1) is 28.6 Å². The molecule has 1 saturated heterocycles. The van der Waals surface area contributed by atoms with E-state index in [2.05, 4.69) is 13.0 Å². The van der Waals surface area contributed by atoms with Crippen LogP contribution in [0.25, 0.3) is 0 Å². The van der Waals surface area contributed by atoms with Crippen LogP contribution in [0.3, 0.4) is 0 Å². The molecule has 0 radical (unpaired) electrons. The van der Waals surface area contributed by atoms with Crippen molar-refractivity contribution < 1.29 is 33.8 Å². The van der Waals surface area contributed by atoms with E-state index >= 15 is 0 Å². The molecule has 0 amide bonds. The number of fused-ring (bicyclic) bond motifs is 4. The molecule has 3 fully saturated rings. The molecule has 3 aliphatic carbocycles. The fraction of sp³-hybridized carbons (Fsp3) is 0.750. The highest BCUT2D eigenvalue weighted by atomic mass is 16.7. The first-order valence-electron chi connectivity index (χ1n) is 11.6. The van der Waals surface area contributed by atoms with E-state index in [4.69, 9.17) is 9.47 Å². The third-order valence-corrected chi connectivity index (χ3v) is 8.49. The summed E-state index contributed by atoms with van der Waals surface area (Å²) in [6, 6.07) is 0. The third-order valence-electron chi connectivity index (χ3n) is 8.49. The van der Waals surface area contributed by atoms with Crippen LogP contribution >= 0.6 is 0 Å². The van der Waals surface area contributed by atoms with Crippen molar-refractivity contribution in [3.63, 3.8) is 0 Å². The first kappa shape index (κ1) is 22.0. The summed E-state index contributed by atoms with van der Waals surface area (Å²) >= 11 is 0. The van der Waals surface area contributed by atoms with Gasteiger partial charge in [0.1, 0.15) is 12.4 Å². The lowest BCUT2D eigenvalue weighted by Crippen LogP contribution is -2.72. The minimum Gasteiger partial charge on any atom is -0.481 e. The second-order valence-corrected chi connectivity index (χ2v) is 9.93. The maximum Gasteiger partial charge on any atom is 0.509 e. The molecule has 0 aromatic carbocycles. The fourth-order valence-electron chi connectivity index (χ4n) is 6.80. The van der Waals surface area contributed by atoms with Crippen molar-refractivity contribution in [3.8, 4) is 0 Å². The topological polar surface area (TPSA) is 107 Å². The molecule has 2 bridgehead atoms. The number of carboxylic acids is 1. The van der Waals surface area contributed by atoms with Crippen molar-refractivity contribution in [1.82, 2.24) is 0 Å². The number of aliphatic carboxylic acids is 1. The highest BCUT2D eigenvalue weighted by Gasteiger charge is 2.76. The van der Waals surface area contributed by atoms with Gasteiger partial charge in [-0.2, -0.15) is 0 Å². The monoisotopic (exact) mass is 432 g/mol. The molecule has 4 rings (SSSR count). The number of carbonyl (C=O) groups excluding carboxylic acids is 3. The SMILES string of the molecule is CC1CC/C=C2\CCC(CC1)C1(C(=O)O)CC3C(=O)CCCC31C(=O)COC(=O)OC2. The average molecular weight is 433 g/mol. The number of Topliss-reactive ketones (excluding diaryl/α,β-unsaturated/α-hetero) is 2. The van der Waals surface area contributed by atoms with Gasteiger partial charge in [-0.3, -0.25) is 14.4 Å². The van der Waals surface area contributed by atoms with Crippen LogP contribution in [0.5, 0.6) is 0 Å². The Kier molecular flexibility index (Phi) is 5.97. The lowest BCUT2D eigenvalue weighted by Gasteiger charge is -2.65. The van der Waals surface area contributed by atoms with Crippen LogP contribution in [-0.4, -0.2) is 42.0 Å². The first-order chi connectivity index (χ1) is 14.8. The summed E-state index contributed by atoms with van der Waals surface area (Å²) in [7, 11) is 0. The van der Waals surface area contributed by atoms with Crippen molar-refractivity contribution in [2.75, 3.05) is 13.2 Å². The number of carboxylic acid groups (broad SMARTS) is 1. The van der Waals surface area contributed by atoms with Crippen LogP contribution in [0.2, 0.25) is 0 Å². The van der Waals surface area contributed by atoms with Gasteiger partial charge in [-0.15, -0.1) is 0 Å². The van der Waals surface area contributed by atoms with E-state index in [-0.39, 0.29) is 24.7 Å². The van der Waals surface area contributed by atoms with Gasteiger partial charge in [0.05, 0.1) is 10.8 Å². The van der Waals surface area contributed by atoms with E-state index in [9.17, 15) is 24.3 Å². The molecule has 1 aliphatic heterocycles. The Hall–Kier alpha value is -2.18. The van der Waals surface area contributed by atoms with Crippen molar-refractivity contribution in [3.05, 3.63) is 11.6 Å². The highest BCUT2D eigenvalue weighted by molar-refractivity contribution is 6.02. The van der Waals surface area contributed by atoms with E-state index in [0.717, 1.165) is 31.3 Å². The molecule has 1 heterocycles. The van der Waals surface area contributed by atoms with Crippen molar-refractivity contribution >= 4 is 23.7 Å². The molecule has 5 unspecified atom stereocenters. The largest absolute Gasteiger partial charge is 0.509 e. The zero-order chi connectivity index (χ0) is 22.2. The lowest BCUT2D eigenvalue weighted by molar-refractivity contribution is -0.219. The second-order valence-electron chi connectivity index (χ2n) is 9.93. The number of rotatable bonds is 1. The molecule has 4 aliphatic rings. The molecule has 1 spiro atoms. The number of carbonyl (C=O) groups is 4. The van der Waals surface area contributed by atoms with Gasteiger partial charge in [0.2, 0.25) is 0 Å². The standard InChI is InChI=1S/C24H32O7/c1-15-4-2-5-16-8-10-17(9-7-15)24(21(27)28)12-18-19(25)6-3-11-23(18,24)20(26)14-31-22(29)30-13-16/h5,15,17-18H,2-4,6-14H2,1H3,(H,27,28)/b16-5+. The Bertz CT molecular complexity index is 815. The van der Waals surface area contributed by atoms with Gasteiger partial charge in [0.25, 0.3) is 0 Å². The quantitative estimate of drug-likeness (QED) is 0.491. The summed E-state index contributed by atoms with van der Waals surface area (Å²) in [6.45, 7) is 1.73. The molecule has 0 aromatic heterocycles. The summed E-state index contributed by atoms with van der Waals surface area (Å²) in [6.07, 6.45) is 7.35. The summed E-state index contributed by atoms with van der Waals surface area (Å²) < 4.78 is 10.3. The van der Waals surface area contributed by atoms with Crippen molar-refractivity contribution in [2.24, 2.45) is 28.6 Å². The number of hydrogen-bond acceptors (Lipinski definition) is 6. The predicted molar refractivity (Wildman–Crippen MR) is 110 cm³/mol. The maximum absolute atomic E-state index is 13.5. The Balaban J connectivity index is 1.81. The summed E-state index contributed by atoms with van der Waals surface area (Å²) in [5, 5.41) is 10.6. The number of ether oxygens (including phenoxy) is 2. The molecule has 170 valence electrons. The van der Waals surface area contributed by atoms with Gasteiger partial charge in [-0.25, -0.2) is 4.79 Å². The minimum atomic E-state index is -1.28. The minimum absolute atomic E-state index is 0.0278. The van der Waals surface area contributed by atoms with Gasteiger partial charge in [0, 0.05) is 12.3 Å². The number of allylic oxidation sites excluding steroid dienone is 1. The Morgan fingerprint density at radius 3 is 2.61 bits per heavy atom. The zero-order valence-electron chi connectivity index (χ0n) is 18.2. The average Bonchev–Trinajstić information content (AvgIpc) is 2.71. The predicted octanol–water partition coefficient (Wildman–Crippen LogP) is 4.09. The van der Waals surface area contributed by atoms with Crippen LogP contribution in [0.1, 0.15) is 71.1 Å². The lowest BCUT2D eigenvalue weighted by atomic mass is 9.34. The van der Waals surface area contributed by atoms with Gasteiger partial charge >= 0.3 is 12.1 Å². The molecule has 31 heavy (non-hydrogen) atoms. The summed E-state index contributed by atoms with van der Waals surface area (Å²) in [4.78, 5) is 51.3. The fourth-order valence-corrected chi connectivity index (χ4v) is 6.80. The Morgan fingerprint density at radius 2 is 1.84 bits per heavy atom. The molecular weight excluding hydrogens is 400 g/mol. The van der Waals surface area contributed by atoms with E-state index in [1.807, 2.05) is 0 Å². The van der Waals surface area contributed by atoms with Gasteiger partial charge in [0.15, 0.2) is 12.4 Å². The molecule has 7 nitrogen and oxygen atoms in total. The van der Waals surface area contributed by atoms with E-state index in [1.165, 1.54) is 0 Å². The first-order valence-corrected chi connectivity index (χ1v) is 11.6. The van der Waals surface area contributed by atoms with E-state index < -0.39 is 41.3 Å². The van der Waals surface area contributed by atoms with Crippen LogP contribution in [0.15, 0.2) is 11.6 Å². The van der Waals surface area contributed by atoms with Crippen LogP contribution in [-0.2, 0) is 23.9 Å². The molecule has 5 atom stereocenters. The third kappa shape index (κ3) is 3.50. The number of ketones is 2. The molecule has 0 aromatic rings. The summed E-state index contributed by atoms with van der Waals surface area (Å²) in [5.41, 5.74) is -1.59. The Morgan fingerprint density at radius 1 is 1.06 bits per heavy atom. The van der Waals surface area contributed by atoms with E-state index in [1.54, 1.807) is 0 Å². The molecular formula is C24H32O7. The second kappa shape index (κ2) is 8.40. The zero-order valence-corrected chi connectivity index (χ0v) is 18.2. The smallest absolute Gasteiger partial charge is 0.481 e. The van der Waals surface area contributed by atoms with E-state index in [0.29, 0.717) is 38.0 Å². The summed E-state index contributed by atoms with van der Waals surface area (Å²) in [5.74, 6) is -1.81. The van der Waals surface area contributed by atoms with Crippen molar-refractivity contribution in [1.29, 1.82) is 0 Å². The maximum atomic E-state index is 13.5. The van der Waals surface area contributed by atoms with Gasteiger partial charge in [-0.1, -0.05) is 19.4 Å². The number of hydrogen-bond donors (Lipinski definition) is 1. The number of cyclic esters (lactones) is 2. The molecule has 1 N–H and O–H groups in total. The normalized spacial score (nSPS) is 41.0. The molecule has 2 saturated carbocycles. The molecule has 7 heteroatoms. The van der Waals surface area contributed by atoms with Crippen molar-refractivity contribution in [2.45, 2.75) is 71.1 Å². The van der Waals surface area contributed by atoms with Crippen LogP contribution < -0.4 is 0 Å². The van der Waals surface area contributed by atoms with Crippen LogP contribution in [0.4, 0.5) is 4.79 Å². The Labute approximate surface area is 182 Å². The highest BCUT2D eigenvalue weighted by Crippen LogP contribution is 2.70.